The molecule has 0 aliphatic rings. The van der Waals surface area contributed by atoms with Gasteiger partial charge in [0.25, 0.3) is 11.8 Å². The van der Waals surface area contributed by atoms with E-state index in [-0.39, 0.29) is 35.2 Å². The number of primary amides is 1. The second kappa shape index (κ2) is 10.4. The maximum Gasteiger partial charge on any atom is 0.255 e. The van der Waals surface area contributed by atoms with Gasteiger partial charge in [-0.15, -0.1) is 0 Å². The van der Waals surface area contributed by atoms with Crippen molar-refractivity contribution in [3.8, 4) is 28.7 Å². The van der Waals surface area contributed by atoms with Crippen molar-refractivity contribution in [2.24, 2.45) is 5.73 Å². The number of benzene rings is 2. The largest absolute Gasteiger partial charge is 0.493 e. The molecule has 2 rings (SSSR count). The fourth-order valence-electron chi connectivity index (χ4n) is 2.66. The molecule has 0 bridgehead atoms. The second-order valence-corrected chi connectivity index (χ2v) is 6.37. The number of hydrogen-bond acceptors (Lipinski definition) is 7. The number of rotatable bonds is 10. The molecule has 2 amide bonds. The highest BCUT2D eigenvalue weighted by Crippen LogP contribution is 2.38. The van der Waals surface area contributed by atoms with E-state index in [1.165, 1.54) is 40.6 Å². The molecule has 0 radical (unpaired) electrons. The van der Waals surface area contributed by atoms with Crippen LogP contribution in [-0.4, -0.2) is 46.9 Å². The highest BCUT2D eigenvalue weighted by Gasteiger charge is 2.18. The van der Waals surface area contributed by atoms with E-state index in [4.69, 9.17) is 41.0 Å². The molecule has 0 saturated heterocycles. The molecule has 2 aromatic carbocycles. The van der Waals surface area contributed by atoms with E-state index in [0.29, 0.717) is 17.2 Å². The van der Waals surface area contributed by atoms with E-state index < -0.39 is 11.8 Å². The van der Waals surface area contributed by atoms with Gasteiger partial charge in [0.15, 0.2) is 29.6 Å². The van der Waals surface area contributed by atoms with E-state index in [9.17, 15) is 9.59 Å². The van der Waals surface area contributed by atoms with Crippen molar-refractivity contribution >= 4 is 23.4 Å². The van der Waals surface area contributed by atoms with Crippen LogP contribution in [0.25, 0.3) is 0 Å². The third-order valence-electron chi connectivity index (χ3n) is 4.03. The quantitative estimate of drug-likeness (QED) is 0.583. The number of carbonyl (C=O) groups is 2. The summed E-state index contributed by atoms with van der Waals surface area (Å²) in [6.07, 6.45) is 0. The summed E-state index contributed by atoms with van der Waals surface area (Å²) >= 11 is 6.19. The lowest BCUT2D eigenvalue weighted by molar-refractivity contribution is -0.119. The van der Waals surface area contributed by atoms with E-state index in [1.54, 1.807) is 12.1 Å². The highest BCUT2D eigenvalue weighted by atomic mass is 35.5. The first kappa shape index (κ1) is 23.0. The summed E-state index contributed by atoms with van der Waals surface area (Å²) in [5.74, 6) is 0.660. The van der Waals surface area contributed by atoms with Gasteiger partial charge in [0, 0.05) is 12.1 Å². The van der Waals surface area contributed by atoms with Crippen LogP contribution in [-0.2, 0) is 11.3 Å². The van der Waals surface area contributed by atoms with Gasteiger partial charge in [0.2, 0.25) is 5.75 Å². The lowest BCUT2D eigenvalue weighted by atomic mass is 10.1. The van der Waals surface area contributed by atoms with Crippen LogP contribution in [0.1, 0.15) is 15.9 Å². The summed E-state index contributed by atoms with van der Waals surface area (Å²) in [5, 5.41) is 2.89. The van der Waals surface area contributed by atoms with Gasteiger partial charge in [-0.2, -0.15) is 0 Å². The summed E-state index contributed by atoms with van der Waals surface area (Å²) in [5.41, 5.74) is 6.06. The van der Waals surface area contributed by atoms with Gasteiger partial charge >= 0.3 is 0 Å². The van der Waals surface area contributed by atoms with Crippen molar-refractivity contribution in [2.45, 2.75) is 6.54 Å². The highest BCUT2D eigenvalue weighted by molar-refractivity contribution is 6.32. The number of nitrogens with one attached hydrogen (secondary N) is 1. The summed E-state index contributed by atoms with van der Waals surface area (Å²) in [7, 11) is 5.92. The Hall–Kier alpha value is -3.33. The van der Waals surface area contributed by atoms with Gasteiger partial charge in [0.05, 0.1) is 33.5 Å². The minimum Gasteiger partial charge on any atom is -0.493 e. The summed E-state index contributed by atoms with van der Waals surface area (Å²) in [6.45, 7) is -0.182. The average Bonchev–Trinajstić information content (AvgIpc) is 2.74. The molecule has 0 saturated carbocycles. The molecule has 162 valence electrons. The van der Waals surface area contributed by atoms with Crippen LogP contribution >= 0.6 is 11.6 Å². The zero-order valence-electron chi connectivity index (χ0n) is 17.0. The Labute approximate surface area is 178 Å². The van der Waals surface area contributed by atoms with Crippen LogP contribution in [0.4, 0.5) is 0 Å². The van der Waals surface area contributed by atoms with Crippen molar-refractivity contribution in [3.63, 3.8) is 0 Å². The van der Waals surface area contributed by atoms with Crippen molar-refractivity contribution in [1.29, 1.82) is 0 Å². The predicted octanol–water partition coefficient (Wildman–Crippen LogP) is 2.17. The molecular formula is C20H23ClN2O7. The molecule has 30 heavy (non-hydrogen) atoms. The smallest absolute Gasteiger partial charge is 0.255 e. The van der Waals surface area contributed by atoms with E-state index in [2.05, 4.69) is 5.32 Å². The van der Waals surface area contributed by atoms with Gasteiger partial charge < -0.3 is 34.7 Å². The zero-order chi connectivity index (χ0) is 22.3. The molecule has 0 heterocycles. The van der Waals surface area contributed by atoms with E-state index in [1.807, 2.05) is 0 Å². The normalized spacial score (nSPS) is 10.2. The van der Waals surface area contributed by atoms with Gasteiger partial charge in [-0.1, -0.05) is 11.6 Å². The number of ether oxygens (including phenoxy) is 5. The Bertz CT molecular complexity index is 909. The number of methoxy groups -OCH3 is 4. The van der Waals surface area contributed by atoms with Crippen LogP contribution in [0.2, 0.25) is 5.02 Å². The summed E-state index contributed by atoms with van der Waals surface area (Å²) in [4.78, 5) is 23.6. The predicted molar refractivity (Wildman–Crippen MR) is 110 cm³/mol. The number of amides is 2. The molecule has 0 unspecified atom stereocenters. The molecule has 0 aliphatic carbocycles. The molecule has 0 aliphatic heterocycles. The standard InChI is InChI=1S/C20H23ClN2O7/c1-26-14-5-11(6-15(27-2)19(14)29-4)9-23-20(25)12-7-13(21)18(16(8-12)28-3)30-10-17(22)24/h5-8H,9-10H2,1-4H3,(H2,22,24)(H,23,25). The van der Waals surface area contributed by atoms with Gasteiger partial charge in [0.1, 0.15) is 0 Å². The van der Waals surface area contributed by atoms with Crippen molar-refractivity contribution in [1.82, 2.24) is 5.32 Å². The first-order valence-corrected chi connectivity index (χ1v) is 9.08. The van der Waals surface area contributed by atoms with Gasteiger partial charge in [-0.3, -0.25) is 9.59 Å². The topological polar surface area (TPSA) is 118 Å². The molecule has 0 spiro atoms. The Balaban J connectivity index is 2.20. The Morgan fingerprint density at radius 1 is 0.900 bits per heavy atom. The zero-order valence-corrected chi connectivity index (χ0v) is 17.8. The van der Waals surface area contributed by atoms with Crippen LogP contribution in [0.15, 0.2) is 24.3 Å². The lowest BCUT2D eigenvalue weighted by Gasteiger charge is -2.15. The SMILES string of the molecule is COc1cc(C(=O)NCc2cc(OC)c(OC)c(OC)c2)cc(Cl)c1OCC(N)=O. The van der Waals surface area contributed by atoms with Crippen molar-refractivity contribution in [3.05, 3.63) is 40.4 Å². The fourth-order valence-corrected chi connectivity index (χ4v) is 2.92. The van der Waals surface area contributed by atoms with Gasteiger partial charge in [-0.25, -0.2) is 0 Å². The molecule has 9 nitrogen and oxygen atoms in total. The van der Waals surface area contributed by atoms with Crippen molar-refractivity contribution in [2.75, 3.05) is 35.0 Å². The summed E-state index contributed by atoms with van der Waals surface area (Å²) in [6, 6.07) is 6.32. The number of carbonyl (C=O) groups excluding carboxylic acids is 2. The van der Waals surface area contributed by atoms with Crippen LogP contribution < -0.4 is 34.7 Å². The van der Waals surface area contributed by atoms with E-state index in [0.717, 1.165) is 5.56 Å². The minimum absolute atomic E-state index is 0.105. The van der Waals surface area contributed by atoms with Crippen LogP contribution in [0.5, 0.6) is 28.7 Å². The number of nitrogens with two attached hydrogens (primary N) is 1. The Kier molecular flexibility index (Phi) is 7.99. The third kappa shape index (κ3) is 5.38. The lowest BCUT2D eigenvalue weighted by Crippen LogP contribution is -2.23. The first-order valence-electron chi connectivity index (χ1n) is 8.70. The average molecular weight is 439 g/mol. The molecular weight excluding hydrogens is 416 g/mol. The molecule has 10 heteroatoms. The Morgan fingerprint density at radius 2 is 1.47 bits per heavy atom. The maximum absolute atomic E-state index is 12.6. The monoisotopic (exact) mass is 438 g/mol. The van der Waals surface area contributed by atoms with E-state index >= 15 is 0 Å². The molecule has 3 N–H and O–H groups in total. The third-order valence-corrected chi connectivity index (χ3v) is 4.31. The molecule has 0 atom stereocenters. The maximum atomic E-state index is 12.6. The first-order chi connectivity index (χ1) is 14.3. The van der Waals surface area contributed by atoms with Crippen molar-refractivity contribution < 1.29 is 33.3 Å². The molecule has 0 aromatic heterocycles. The van der Waals surface area contributed by atoms with Crippen LogP contribution in [0, 0.1) is 0 Å². The second-order valence-electron chi connectivity index (χ2n) is 5.96. The number of halogens is 1. The van der Waals surface area contributed by atoms with Gasteiger partial charge in [-0.05, 0) is 29.8 Å². The number of hydrogen-bond donors (Lipinski definition) is 2. The summed E-state index contributed by atoms with van der Waals surface area (Å²) < 4.78 is 26.4. The fraction of sp³-hybridized carbons (Fsp3) is 0.300. The molecule has 0 fully saturated rings. The minimum atomic E-state index is -0.666. The van der Waals surface area contributed by atoms with Crippen LogP contribution in [0.3, 0.4) is 0 Å². The molecule has 2 aromatic rings. The Morgan fingerprint density at radius 3 is 1.97 bits per heavy atom.